The normalized spacial score (nSPS) is 14.5. The number of carbonyl (C=O) groups excluding carboxylic acids is 2. The molecule has 9 heteroatoms. The fourth-order valence-electron chi connectivity index (χ4n) is 4.44. The number of hydrogen-bond acceptors (Lipinski definition) is 6. The van der Waals surface area contributed by atoms with Crippen LogP contribution in [0.15, 0.2) is 61.1 Å². The Kier molecular flexibility index (Phi) is 8.38. The summed E-state index contributed by atoms with van der Waals surface area (Å²) in [6.07, 6.45) is 9.41. The summed E-state index contributed by atoms with van der Waals surface area (Å²) >= 11 is 6.15. The Morgan fingerprint density at radius 3 is 2.25 bits per heavy atom. The molecule has 0 spiro atoms. The van der Waals surface area contributed by atoms with Crippen LogP contribution in [0.1, 0.15) is 54.2 Å². The highest BCUT2D eigenvalue weighted by molar-refractivity contribution is 6.30. The lowest BCUT2D eigenvalue weighted by molar-refractivity contribution is -0.123. The van der Waals surface area contributed by atoms with Crippen molar-refractivity contribution in [1.82, 2.24) is 15.3 Å². The molecule has 0 saturated heterocycles. The van der Waals surface area contributed by atoms with Crippen molar-refractivity contribution >= 4 is 29.1 Å². The lowest BCUT2D eigenvalue weighted by Gasteiger charge is -2.33. The summed E-state index contributed by atoms with van der Waals surface area (Å²) in [5, 5.41) is 3.71. The van der Waals surface area contributed by atoms with E-state index in [1.165, 1.54) is 37.7 Å². The van der Waals surface area contributed by atoms with Gasteiger partial charge in [0.1, 0.15) is 23.2 Å². The first-order chi connectivity index (χ1) is 17.5. The van der Waals surface area contributed by atoms with Gasteiger partial charge in [-0.2, -0.15) is 0 Å². The highest BCUT2D eigenvalue weighted by Crippen LogP contribution is 2.35. The third-order valence-electron chi connectivity index (χ3n) is 6.26. The van der Waals surface area contributed by atoms with Crippen LogP contribution >= 0.6 is 11.6 Å². The number of hydrogen-bond donors (Lipinski definition) is 1. The highest BCUT2D eigenvalue weighted by Gasteiger charge is 2.35. The minimum absolute atomic E-state index is 0.0503. The summed E-state index contributed by atoms with van der Waals surface area (Å²) in [7, 11) is 3.06. The lowest BCUT2D eigenvalue weighted by Crippen LogP contribution is -2.47. The van der Waals surface area contributed by atoms with Gasteiger partial charge in [-0.1, -0.05) is 43.0 Å². The molecule has 1 N–H and O–H groups in total. The molecule has 0 unspecified atom stereocenters. The number of ether oxygens (including phenoxy) is 2. The van der Waals surface area contributed by atoms with Crippen LogP contribution in [0.3, 0.4) is 0 Å². The maximum atomic E-state index is 14.0. The largest absolute Gasteiger partial charge is 0.497 e. The first-order valence-corrected chi connectivity index (χ1v) is 12.3. The van der Waals surface area contributed by atoms with E-state index in [1.54, 1.807) is 42.5 Å². The van der Waals surface area contributed by atoms with Gasteiger partial charge in [-0.25, -0.2) is 4.98 Å². The molecule has 1 heterocycles. The first-order valence-electron chi connectivity index (χ1n) is 11.9. The molecule has 3 aromatic rings. The Hall–Kier alpha value is -3.65. The molecule has 0 radical (unpaired) electrons. The summed E-state index contributed by atoms with van der Waals surface area (Å²) in [6, 6.07) is 11.0. The van der Waals surface area contributed by atoms with E-state index >= 15 is 0 Å². The summed E-state index contributed by atoms with van der Waals surface area (Å²) in [5.74, 6) is 0.174. The van der Waals surface area contributed by atoms with Gasteiger partial charge in [-0.3, -0.25) is 19.5 Å². The second kappa shape index (κ2) is 11.9. The van der Waals surface area contributed by atoms with Crippen LogP contribution in [-0.2, 0) is 4.79 Å². The third-order valence-corrected chi connectivity index (χ3v) is 6.51. The summed E-state index contributed by atoms with van der Waals surface area (Å²) in [4.78, 5) is 37.6. The fraction of sp³-hybridized carbons (Fsp3) is 0.333. The predicted octanol–water partition coefficient (Wildman–Crippen LogP) is 4.98. The van der Waals surface area contributed by atoms with Crippen LogP contribution in [0.25, 0.3) is 0 Å². The topological polar surface area (TPSA) is 93.7 Å². The van der Waals surface area contributed by atoms with Gasteiger partial charge in [-0.05, 0) is 30.5 Å². The Balaban J connectivity index is 1.85. The van der Waals surface area contributed by atoms with E-state index in [0.29, 0.717) is 27.8 Å². The number of benzene rings is 2. The predicted molar refractivity (Wildman–Crippen MR) is 138 cm³/mol. The standard InChI is InChI=1S/C27H29ClN4O4/c1-35-22-14-21(15-23(16-22)36-2)32(27(34)24-17-29-12-13-30-24)25(18-8-10-19(28)11-9-18)26(33)31-20-6-4-3-5-7-20/h8-17,20,25H,3-7H2,1-2H3,(H,31,33)/t25-/m1/s1. The van der Waals surface area contributed by atoms with Gasteiger partial charge in [0.25, 0.3) is 5.91 Å². The Morgan fingerprint density at radius 1 is 1.00 bits per heavy atom. The van der Waals surface area contributed by atoms with Crippen LogP contribution in [0, 0.1) is 0 Å². The quantitative estimate of drug-likeness (QED) is 0.461. The SMILES string of the molecule is COc1cc(OC)cc(N(C(=O)c2cnccn2)[C@@H](C(=O)NC2CCCCC2)c2ccc(Cl)cc2)c1. The van der Waals surface area contributed by atoms with E-state index in [-0.39, 0.29) is 17.6 Å². The molecule has 1 saturated carbocycles. The summed E-state index contributed by atoms with van der Waals surface area (Å²) in [6.45, 7) is 0. The number of methoxy groups -OCH3 is 2. The van der Waals surface area contributed by atoms with Gasteiger partial charge in [0.05, 0.1) is 26.1 Å². The molecule has 1 aliphatic carbocycles. The third kappa shape index (κ3) is 5.94. The number of carbonyl (C=O) groups is 2. The Morgan fingerprint density at radius 2 is 1.67 bits per heavy atom. The molecule has 1 aliphatic rings. The van der Waals surface area contributed by atoms with E-state index < -0.39 is 11.9 Å². The molecule has 2 aromatic carbocycles. The number of halogens is 1. The molecule has 36 heavy (non-hydrogen) atoms. The zero-order valence-electron chi connectivity index (χ0n) is 20.3. The molecule has 1 fully saturated rings. The van der Waals surface area contributed by atoms with Crippen molar-refractivity contribution in [2.45, 2.75) is 44.2 Å². The zero-order valence-corrected chi connectivity index (χ0v) is 21.1. The van der Waals surface area contributed by atoms with Crippen molar-refractivity contribution in [1.29, 1.82) is 0 Å². The van der Waals surface area contributed by atoms with Gasteiger partial charge >= 0.3 is 0 Å². The van der Waals surface area contributed by atoms with E-state index in [2.05, 4.69) is 15.3 Å². The smallest absolute Gasteiger partial charge is 0.279 e. The van der Waals surface area contributed by atoms with Crippen LogP contribution in [0.2, 0.25) is 5.02 Å². The summed E-state index contributed by atoms with van der Waals surface area (Å²) < 4.78 is 10.9. The van der Waals surface area contributed by atoms with Crippen LogP contribution in [-0.4, -0.2) is 42.0 Å². The number of nitrogens with one attached hydrogen (secondary N) is 1. The van der Waals surface area contributed by atoms with Crippen molar-refractivity contribution in [2.75, 3.05) is 19.1 Å². The average molecular weight is 509 g/mol. The Labute approximate surface area is 215 Å². The van der Waals surface area contributed by atoms with E-state index in [0.717, 1.165) is 32.1 Å². The van der Waals surface area contributed by atoms with E-state index in [9.17, 15) is 9.59 Å². The van der Waals surface area contributed by atoms with Gasteiger partial charge in [0, 0.05) is 41.7 Å². The number of aromatic nitrogens is 2. The van der Waals surface area contributed by atoms with Crippen LogP contribution in [0.4, 0.5) is 5.69 Å². The molecule has 1 atom stereocenters. The monoisotopic (exact) mass is 508 g/mol. The van der Waals surface area contributed by atoms with Crippen LogP contribution in [0.5, 0.6) is 11.5 Å². The maximum Gasteiger partial charge on any atom is 0.279 e. The van der Waals surface area contributed by atoms with Crippen LogP contribution < -0.4 is 19.7 Å². The highest BCUT2D eigenvalue weighted by atomic mass is 35.5. The van der Waals surface area contributed by atoms with E-state index in [4.69, 9.17) is 21.1 Å². The second-order valence-electron chi connectivity index (χ2n) is 8.63. The molecule has 1 aromatic heterocycles. The fourth-order valence-corrected chi connectivity index (χ4v) is 4.56. The minimum atomic E-state index is -1.00. The molecule has 0 bridgehead atoms. The maximum absolute atomic E-state index is 14.0. The molecule has 0 aliphatic heterocycles. The number of rotatable bonds is 8. The average Bonchev–Trinajstić information content (AvgIpc) is 2.92. The Bertz CT molecular complexity index is 1160. The van der Waals surface area contributed by atoms with Crippen molar-refractivity contribution in [2.24, 2.45) is 0 Å². The molecule has 2 amide bonds. The second-order valence-corrected chi connectivity index (χ2v) is 9.07. The molecule has 4 rings (SSSR count). The molecular weight excluding hydrogens is 480 g/mol. The minimum Gasteiger partial charge on any atom is -0.497 e. The summed E-state index contributed by atoms with van der Waals surface area (Å²) in [5.41, 5.74) is 1.12. The molecule has 8 nitrogen and oxygen atoms in total. The van der Waals surface area contributed by atoms with Gasteiger partial charge in [0.15, 0.2) is 0 Å². The van der Waals surface area contributed by atoms with Crippen molar-refractivity contribution in [3.05, 3.63) is 77.3 Å². The first kappa shape index (κ1) is 25.4. The van der Waals surface area contributed by atoms with Crippen molar-refractivity contribution in [3.63, 3.8) is 0 Å². The number of anilines is 1. The lowest BCUT2D eigenvalue weighted by atomic mass is 9.94. The molecular formula is C27H29ClN4O4. The molecule has 188 valence electrons. The number of nitrogens with zero attached hydrogens (tertiary/aromatic N) is 3. The van der Waals surface area contributed by atoms with Crippen molar-refractivity contribution in [3.8, 4) is 11.5 Å². The van der Waals surface area contributed by atoms with Gasteiger partial charge < -0.3 is 14.8 Å². The van der Waals surface area contributed by atoms with Crippen molar-refractivity contribution < 1.29 is 19.1 Å². The zero-order chi connectivity index (χ0) is 25.5. The van der Waals surface area contributed by atoms with Gasteiger partial charge in [-0.15, -0.1) is 0 Å². The number of amides is 2. The van der Waals surface area contributed by atoms with Gasteiger partial charge in [0.2, 0.25) is 5.91 Å². The van der Waals surface area contributed by atoms with E-state index in [1.807, 2.05) is 0 Å².